The van der Waals surface area contributed by atoms with E-state index < -0.39 is 11.9 Å². The van der Waals surface area contributed by atoms with Gasteiger partial charge in [0.05, 0.1) is 0 Å². The van der Waals surface area contributed by atoms with Gasteiger partial charge in [0.1, 0.15) is 0 Å². The van der Waals surface area contributed by atoms with Crippen LogP contribution >= 0.6 is 0 Å². The summed E-state index contributed by atoms with van der Waals surface area (Å²) in [5.41, 5.74) is 0. The molecule has 0 unspecified atom stereocenters. The summed E-state index contributed by atoms with van der Waals surface area (Å²) in [6.45, 7) is 0.631. The minimum absolute atomic E-state index is 0.205. The van der Waals surface area contributed by atoms with Crippen LogP contribution in [-0.2, 0) is 9.59 Å². The van der Waals surface area contributed by atoms with Gasteiger partial charge < -0.3 is 10.0 Å². The van der Waals surface area contributed by atoms with E-state index in [1.807, 2.05) is 0 Å². The van der Waals surface area contributed by atoms with E-state index in [0.717, 1.165) is 32.1 Å². The second-order valence-electron chi connectivity index (χ2n) is 4.56. The first-order valence-electron chi connectivity index (χ1n) is 5.74. The average molecular weight is 211 g/mol. The molecular formula is C11H17NO3. The lowest BCUT2D eigenvalue weighted by molar-refractivity contribution is -0.159. The number of carboxylic acid groups (broad SMARTS) is 1. The predicted octanol–water partition coefficient (Wildman–Crippen LogP) is 1.25. The highest BCUT2D eigenvalue weighted by atomic mass is 16.4. The molecule has 2 atom stereocenters. The maximum Gasteiger partial charge on any atom is 0.394 e. The summed E-state index contributed by atoms with van der Waals surface area (Å²) >= 11 is 0. The molecule has 1 saturated carbocycles. The predicted molar refractivity (Wildman–Crippen MR) is 54.3 cm³/mol. The van der Waals surface area contributed by atoms with Crippen molar-refractivity contribution in [1.29, 1.82) is 0 Å². The van der Waals surface area contributed by atoms with Gasteiger partial charge in [0.15, 0.2) is 0 Å². The molecule has 1 N–H and O–H groups in total. The van der Waals surface area contributed by atoms with E-state index in [9.17, 15) is 9.59 Å². The molecule has 4 heteroatoms. The SMILES string of the molecule is O=C(O)C(=O)N1CCC[C@H]2CCCC[C@H]21. The van der Waals surface area contributed by atoms with Gasteiger partial charge in [-0.25, -0.2) is 4.79 Å². The zero-order valence-corrected chi connectivity index (χ0v) is 8.82. The topological polar surface area (TPSA) is 57.6 Å². The summed E-state index contributed by atoms with van der Waals surface area (Å²) in [6.07, 6.45) is 6.63. The average Bonchev–Trinajstić information content (AvgIpc) is 2.27. The third-order valence-corrected chi connectivity index (χ3v) is 3.69. The number of piperidine rings is 1. The minimum Gasteiger partial charge on any atom is -0.474 e. The maximum absolute atomic E-state index is 11.5. The van der Waals surface area contributed by atoms with Crippen LogP contribution in [-0.4, -0.2) is 34.5 Å². The fourth-order valence-corrected chi connectivity index (χ4v) is 3.00. The van der Waals surface area contributed by atoms with E-state index in [1.165, 1.54) is 6.42 Å². The van der Waals surface area contributed by atoms with Crippen LogP contribution in [0, 0.1) is 5.92 Å². The molecule has 1 aliphatic carbocycles. The van der Waals surface area contributed by atoms with Crippen molar-refractivity contribution < 1.29 is 14.7 Å². The number of carbonyl (C=O) groups excluding carboxylic acids is 1. The Balaban J connectivity index is 2.09. The number of carboxylic acids is 1. The van der Waals surface area contributed by atoms with Crippen LogP contribution in [0.4, 0.5) is 0 Å². The van der Waals surface area contributed by atoms with E-state index in [-0.39, 0.29) is 6.04 Å². The Morgan fingerprint density at radius 3 is 2.47 bits per heavy atom. The first-order chi connectivity index (χ1) is 7.20. The quantitative estimate of drug-likeness (QED) is 0.613. The molecule has 1 aliphatic heterocycles. The Hall–Kier alpha value is -1.06. The van der Waals surface area contributed by atoms with Crippen molar-refractivity contribution in [1.82, 2.24) is 4.90 Å². The summed E-state index contributed by atoms with van der Waals surface area (Å²) in [6, 6.07) is 0.205. The van der Waals surface area contributed by atoms with Gasteiger partial charge in [0.2, 0.25) is 0 Å². The van der Waals surface area contributed by atoms with Crippen molar-refractivity contribution in [2.75, 3.05) is 6.54 Å². The van der Waals surface area contributed by atoms with Crippen molar-refractivity contribution in [2.24, 2.45) is 5.92 Å². The first kappa shape index (κ1) is 10.5. The van der Waals surface area contributed by atoms with Crippen LogP contribution < -0.4 is 0 Å². The largest absolute Gasteiger partial charge is 0.474 e. The van der Waals surface area contributed by atoms with Crippen LogP contribution in [0.3, 0.4) is 0 Å². The van der Waals surface area contributed by atoms with E-state index in [1.54, 1.807) is 4.90 Å². The fourth-order valence-electron chi connectivity index (χ4n) is 3.00. The van der Waals surface area contributed by atoms with Gasteiger partial charge in [-0.3, -0.25) is 4.79 Å². The van der Waals surface area contributed by atoms with Gasteiger partial charge in [0.25, 0.3) is 0 Å². The second-order valence-corrected chi connectivity index (χ2v) is 4.56. The molecule has 15 heavy (non-hydrogen) atoms. The van der Waals surface area contributed by atoms with E-state index in [2.05, 4.69) is 0 Å². The lowest BCUT2D eigenvalue weighted by Crippen LogP contribution is -2.51. The summed E-state index contributed by atoms with van der Waals surface area (Å²) in [5, 5.41) is 8.73. The number of nitrogens with zero attached hydrogens (tertiary/aromatic N) is 1. The Bertz CT molecular complexity index is 275. The van der Waals surface area contributed by atoms with Crippen molar-refractivity contribution in [2.45, 2.75) is 44.6 Å². The van der Waals surface area contributed by atoms with E-state index in [0.29, 0.717) is 12.5 Å². The molecule has 0 aromatic rings. The van der Waals surface area contributed by atoms with Crippen molar-refractivity contribution in [3.05, 3.63) is 0 Å². The molecule has 0 radical (unpaired) electrons. The third kappa shape index (κ3) is 1.98. The van der Waals surface area contributed by atoms with Crippen LogP contribution in [0.1, 0.15) is 38.5 Å². The second kappa shape index (κ2) is 4.21. The molecule has 84 valence electrons. The zero-order valence-electron chi connectivity index (χ0n) is 8.82. The molecule has 2 rings (SSSR count). The number of rotatable bonds is 0. The number of hydrogen-bond donors (Lipinski definition) is 1. The van der Waals surface area contributed by atoms with E-state index in [4.69, 9.17) is 5.11 Å². The standard InChI is InChI=1S/C11H17NO3/c13-10(11(14)15)12-7-3-5-8-4-1-2-6-9(8)12/h8-9H,1-7H2,(H,14,15)/t8-,9-/m1/s1. The van der Waals surface area contributed by atoms with Crippen molar-refractivity contribution in [3.8, 4) is 0 Å². The molecule has 2 aliphatic rings. The molecule has 0 spiro atoms. The summed E-state index contributed by atoms with van der Waals surface area (Å²) in [7, 11) is 0. The molecule has 0 aromatic carbocycles. The first-order valence-corrected chi connectivity index (χ1v) is 5.74. The van der Waals surface area contributed by atoms with Crippen molar-refractivity contribution in [3.63, 3.8) is 0 Å². The Kier molecular flexibility index (Phi) is 2.93. The number of aliphatic carboxylic acids is 1. The Morgan fingerprint density at radius 1 is 1.07 bits per heavy atom. The molecule has 4 nitrogen and oxygen atoms in total. The maximum atomic E-state index is 11.5. The molecule has 0 bridgehead atoms. The van der Waals surface area contributed by atoms with Gasteiger partial charge in [-0.15, -0.1) is 0 Å². The Labute approximate surface area is 89.3 Å². The van der Waals surface area contributed by atoms with Gasteiger partial charge in [-0.05, 0) is 31.6 Å². The number of fused-ring (bicyclic) bond motifs is 1. The van der Waals surface area contributed by atoms with Crippen LogP contribution in [0.15, 0.2) is 0 Å². The van der Waals surface area contributed by atoms with Gasteiger partial charge in [0, 0.05) is 12.6 Å². The van der Waals surface area contributed by atoms with Gasteiger partial charge >= 0.3 is 11.9 Å². The number of amides is 1. The van der Waals surface area contributed by atoms with Crippen LogP contribution in [0.2, 0.25) is 0 Å². The van der Waals surface area contributed by atoms with E-state index >= 15 is 0 Å². The highest BCUT2D eigenvalue weighted by Gasteiger charge is 2.37. The minimum atomic E-state index is -1.30. The third-order valence-electron chi connectivity index (χ3n) is 3.69. The Morgan fingerprint density at radius 2 is 1.73 bits per heavy atom. The highest BCUT2D eigenvalue weighted by molar-refractivity contribution is 6.31. The smallest absolute Gasteiger partial charge is 0.394 e. The fraction of sp³-hybridized carbons (Fsp3) is 0.818. The molecule has 1 amide bonds. The summed E-state index contributed by atoms with van der Waals surface area (Å²) in [5.74, 6) is -1.45. The number of carbonyl (C=O) groups is 2. The zero-order chi connectivity index (χ0) is 10.8. The van der Waals surface area contributed by atoms with Crippen LogP contribution in [0.5, 0.6) is 0 Å². The highest BCUT2D eigenvalue weighted by Crippen LogP contribution is 2.35. The number of hydrogen-bond acceptors (Lipinski definition) is 2. The summed E-state index contributed by atoms with van der Waals surface area (Å²) < 4.78 is 0. The van der Waals surface area contributed by atoms with Gasteiger partial charge in [-0.2, -0.15) is 0 Å². The molecule has 2 fully saturated rings. The lowest BCUT2D eigenvalue weighted by Gasteiger charge is -2.43. The molecule has 1 saturated heterocycles. The number of likely N-dealkylation sites (tertiary alicyclic amines) is 1. The normalized spacial score (nSPS) is 30.8. The van der Waals surface area contributed by atoms with Gasteiger partial charge in [-0.1, -0.05) is 12.8 Å². The molecular weight excluding hydrogens is 194 g/mol. The van der Waals surface area contributed by atoms with Crippen molar-refractivity contribution >= 4 is 11.9 Å². The molecule has 0 aromatic heterocycles. The summed E-state index contributed by atoms with van der Waals surface area (Å²) in [4.78, 5) is 23.8. The van der Waals surface area contributed by atoms with Crippen LogP contribution in [0.25, 0.3) is 0 Å². The monoisotopic (exact) mass is 211 g/mol. The lowest BCUT2D eigenvalue weighted by atomic mass is 9.78. The molecule has 1 heterocycles.